The maximum absolute atomic E-state index is 12.5. The smallest absolute Gasteiger partial charge is 0.228 e. The predicted octanol–water partition coefficient (Wildman–Crippen LogP) is 4.81. The highest BCUT2D eigenvalue weighted by Gasteiger charge is 2.34. The first-order chi connectivity index (χ1) is 14.1. The lowest BCUT2D eigenvalue weighted by Gasteiger charge is -2.28. The van der Waals surface area contributed by atoms with E-state index in [2.05, 4.69) is 31.9 Å². The molecule has 0 heterocycles. The zero-order valence-electron chi connectivity index (χ0n) is 16.0. The van der Waals surface area contributed by atoms with Crippen molar-refractivity contribution >= 4 is 79.7 Å². The van der Waals surface area contributed by atoms with Gasteiger partial charge in [0.15, 0.2) is 16.6 Å². The third-order valence-electron chi connectivity index (χ3n) is 3.82. The van der Waals surface area contributed by atoms with Crippen molar-refractivity contribution in [3.05, 3.63) is 52.5 Å². The minimum Gasteiger partial charge on any atom is -0.493 e. The fourth-order valence-electron chi connectivity index (χ4n) is 2.42. The average Bonchev–Trinajstić information content (AvgIpc) is 2.68. The Balaban J connectivity index is 2.02. The van der Waals surface area contributed by atoms with Crippen molar-refractivity contribution in [2.75, 3.05) is 19.5 Å². The Kier molecular flexibility index (Phi) is 9.31. The van der Waals surface area contributed by atoms with Gasteiger partial charge < -0.3 is 25.4 Å². The molecule has 162 valence electrons. The number of nitrogens with one attached hydrogen (secondary N) is 3. The standard InChI is InChI=1S/C19H19BrCl3N3O3S/c1-28-14-8-3-11(9-15(14)29-2)10-16(27)25-17(19(21,22)23)26-18(30)24-13-6-4-12(20)5-7-13/h3-9,17H,10H2,1-2H3,(H,25,27)(H2,24,26,30)/t17-/m0/s1. The molecule has 0 aromatic heterocycles. The van der Waals surface area contributed by atoms with E-state index in [0.717, 1.165) is 10.2 Å². The van der Waals surface area contributed by atoms with Crippen molar-refractivity contribution in [2.45, 2.75) is 16.4 Å². The van der Waals surface area contributed by atoms with Crippen LogP contribution in [0.4, 0.5) is 5.69 Å². The zero-order valence-corrected chi connectivity index (χ0v) is 20.6. The van der Waals surface area contributed by atoms with Crippen molar-refractivity contribution in [3.8, 4) is 11.5 Å². The number of alkyl halides is 3. The van der Waals surface area contributed by atoms with Crippen LogP contribution < -0.4 is 25.4 Å². The van der Waals surface area contributed by atoms with Crippen LogP contribution in [-0.2, 0) is 11.2 Å². The third kappa shape index (κ3) is 7.67. The molecule has 0 saturated carbocycles. The molecule has 2 rings (SSSR count). The summed E-state index contributed by atoms with van der Waals surface area (Å²) in [5, 5.41) is 8.60. The van der Waals surface area contributed by atoms with Gasteiger partial charge in [0.05, 0.1) is 20.6 Å². The number of hydrogen-bond acceptors (Lipinski definition) is 4. The number of carbonyl (C=O) groups excluding carboxylic acids is 1. The van der Waals surface area contributed by atoms with Crippen LogP contribution >= 0.6 is 63.0 Å². The zero-order chi connectivity index (χ0) is 22.3. The molecule has 0 aliphatic rings. The fraction of sp³-hybridized carbons (Fsp3) is 0.263. The molecule has 3 N–H and O–H groups in total. The Morgan fingerprint density at radius 2 is 1.70 bits per heavy atom. The number of carbonyl (C=O) groups is 1. The van der Waals surface area contributed by atoms with E-state index in [9.17, 15) is 4.79 Å². The number of ether oxygens (including phenoxy) is 2. The van der Waals surface area contributed by atoms with Gasteiger partial charge >= 0.3 is 0 Å². The minimum absolute atomic E-state index is 0.0339. The molecule has 0 saturated heterocycles. The first-order valence-electron chi connectivity index (χ1n) is 8.52. The van der Waals surface area contributed by atoms with Gasteiger partial charge in [-0.25, -0.2) is 0 Å². The first-order valence-corrected chi connectivity index (χ1v) is 10.9. The van der Waals surface area contributed by atoms with Crippen LogP contribution in [0.5, 0.6) is 11.5 Å². The molecule has 0 bridgehead atoms. The van der Waals surface area contributed by atoms with Gasteiger partial charge in [0.25, 0.3) is 0 Å². The number of hydrogen-bond donors (Lipinski definition) is 3. The molecule has 0 aliphatic carbocycles. The maximum Gasteiger partial charge on any atom is 0.228 e. The van der Waals surface area contributed by atoms with E-state index in [4.69, 9.17) is 56.5 Å². The fourth-order valence-corrected chi connectivity index (χ4v) is 3.25. The van der Waals surface area contributed by atoms with Gasteiger partial charge in [0.1, 0.15) is 6.17 Å². The van der Waals surface area contributed by atoms with Crippen molar-refractivity contribution in [1.82, 2.24) is 10.6 Å². The predicted molar refractivity (Wildman–Crippen MR) is 129 cm³/mol. The quantitative estimate of drug-likeness (QED) is 0.259. The Labute approximate surface area is 203 Å². The van der Waals surface area contributed by atoms with Crippen LogP contribution in [0, 0.1) is 0 Å². The molecule has 0 aliphatic heterocycles. The third-order valence-corrected chi connectivity index (χ3v) is 5.23. The van der Waals surface area contributed by atoms with E-state index in [-0.39, 0.29) is 17.4 Å². The summed E-state index contributed by atoms with van der Waals surface area (Å²) in [5.41, 5.74) is 1.43. The van der Waals surface area contributed by atoms with E-state index in [0.29, 0.717) is 17.1 Å². The minimum atomic E-state index is -1.85. The molecule has 0 radical (unpaired) electrons. The molecule has 6 nitrogen and oxygen atoms in total. The lowest BCUT2D eigenvalue weighted by molar-refractivity contribution is -0.121. The van der Waals surface area contributed by atoms with E-state index < -0.39 is 9.96 Å². The Hall–Kier alpha value is -1.45. The SMILES string of the molecule is COc1ccc(CC(=O)N[C@@H](NC(=S)Nc2ccc(Br)cc2)C(Cl)(Cl)Cl)cc1OC. The Morgan fingerprint density at radius 3 is 2.27 bits per heavy atom. The number of amides is 1. The summed E-state index contributed by atoms with van der Waals surface area (Å²) >= 11 is 26.7. The summed E-state index contributed by atoms with van der Waals surface area (Å²) < 4.78 is 9.52. The summed E-state index contributed by atoms with van der Waals surface area (Å²) in [5.74, 6) is 0.697. The highest BCUT2D eigenvalue weighted by Crippen LogP contribution is 2.30. The molecule has 2 aromatic carbocycles. The molecule has 1 amide bonds. The van der Waals surface area contributed by atoms with E-state index in [1.807, 2.05) is 24.3 Å². The van der Waals surface area contributed by atoms with Gasteiger partial charge in [0, 0.05) is 10.2 Å². The van der Waals surface area contributed by atoms with Gasteiger partial charge in [0.2, 0.25) is 9.70 Å². The first kappa shape index (κ1) is 24.8. The van der Waals surface area contributed by atoms with Crippen molar-refractivity contribution in [2.24, 2.45) is 0 Å². The number of thiocarbonyl (C=S) groups is 1. The van der Waals surface area contributed by atoms with Crippen LogP contribution in [0.1, 0.15) is 5.56 Å². The summed E-state index contributed by atoms with van der Waals surface area (Å²) in [4.78, 5) is 12.5. The van der Waals surface area contributed by atoms with Crippen LogP contribution in [0.25, 0.3) is 0 Å². The second-order valence-corrected chi connectivity index (χ2v) is 9.71. The maximum atomic E-state index is 12.5. The Bertz CT molecular complexity index is 895. The van der Waals surface area contributed by atoms with Gasteiger partial charge in [-0.2, -0.15) is 0 Å². The van der Waals surface area contributed by atoms with E-state index in [1.165, 1.54) is 14.2 Å². The van der Waals surface area contributed by atoms with Crippen molar-refractivity contribution in [1.29, 1.82) is 0 Å². The highest BCUT2D eigenvalue weighted by molar-refractivity contribution is 9.10. The monoisotopic (exact) mass is 553 g/mol. The van der Waals surface area contributed by atoms with Gasteiger partial charge in [-0.15, -0.1) is 0 Å². The molecule has 11 heteroatoms. The van der Waals surface area contributed by atoms with Crippen molar-refractivity contribution in [3.63, 3.8) is 0 Å². The lowest BCUT2D eigenvalue weighted by atomic mass is 10.1. The summed E-state index contributed by atoms with van der Waals surface area (Å²) in [6, 6.07) is 12.5. The van der Waals surface area contributed by atoms with Gasteiger partial charge in [-0.1, -0.05) is 56.8 Å². The molecule has 0 unspecified atom stereocenters. The number of rotatable bonds is 7. The number of benzene rings is 2. The summed E-state index contributed by atoms with van der Waals surface area (Å²) in [7, 11) is 3.05. The average molecular weight is 556 g/mol. The number of halogens is 4. The largest absolute Gasteiger partial charge is 0.493 e. The van der Waals surface area contributed by atoms with Crippen LogP contribution in [0.3, 0.4) is 0 Å². The van der Waals surface area contributed by atoms with Crippen molar-refractivity contribution < 1.29 is 14.3 Å². The Morgan fingerprint density at radius 1 is 1.07 bits per heavy atom. The molecule has 0 fully saturated rings. The van der Waals surface area contributed by atoms with E-state index >= 15 is 0 Å². The molecule has 0 spiro atoms. The normalized spacial score (nSPS) is 11.9. The van der Waals surface area contributed by atoms with Gasteiger partial charge in [-0.05, 0) is 54.2 Å². The number of methoxy groups -OCH3 is 2. The summed E-state index contributed by atoms with van der Waals surface area (Å²) in [6.45, 7) is 0. The molecule has 1 atom stereocenters. The van der Waals surface area contributed by atoms with Crippen LogP contribution in [0.2, 0.25) is 0 Å². The van der Waals surface area contributed by atoms with Gasteiger partial charge in [-0.3, -0.25) is 4.79 Å². The van der Waals surface area contributed by atoms with E-state index in [1.54, 1.807) is 18.2 Å². The topological polar surface area (TPSA) is 71.6 Å². The van der Waals surface area contributed by atoms with Crippen LogP contribution in [0.15, 0.2) is 46.9 Å². The lowest BCUT2D eigenvalue weighted by Crippen LogP contribution is -2.56. The number of anilines is 1. The molecular weight excluding hydrogens is 537 g/mol. The van der Waals surface area contributed by atoms with Crippen LogP contribution in [-0.4, -0.2) is 35.2 Å². The molecule has 30 heavy (non-hydrogen) atoms. The molecular formula is C19H19BrCl3N3O3S. The second-order valence-electron chi connectivity index (χ2n) is 6.01. The summed E-state index contributed by atoms with van der Waals surface area (Å²) in [6.07, 6.45) is -1.03. The highest BCUT2D eigenvalue weighted by atomic mass is 79.9. The molecule has 2 aromatic rings. The second kappa shape index (κ2) is 11.2.